The highest BCUT2D eigenvalue weighted by Gasteiger charge is 2.25. The average molecular weight is 346 g/mol. The first-order valence-electron chi connectivity index (χ1n) is 7.39. The lowest BCUT2D eigenvalue weighted by molar-refractivity contribution is 0.199. The number of aliphatic hydroxyl groups is 1. The third kappa shape index (κ3) is 2.85. The van der Waals surface area contributed by atoms with Gasteiger partial charge in [0.05, 0.1) is 6.10 Å². The van der Waals surface area contributed by atoms with Crippen LogP contribution in [0.4, 0.5) is 11.4 Å². The van der Waals surface area contributed by atoms with Gasteiger partial charge < -0.3 is 10.0 Å². The lowest BCUT2D eigenvalue weighted by atomic mass is 9.92. The third-order valence-corrected chi connectivity index (χ3v) is 4.57. The fourth-order valence-corrected chi connectivity index (χ4v) is 3.51. The summed E-state index contributed by atoms with van der Waals surface area (Å²) in [7, 11) is 0. The molecule has 0 saturated heterocycles. The van der Waals surface area contributed by atoms with E-state index in [1.54, 1.807) is 0 Å². The number of fused-ring (bicyclic) bond motifs is 1. The van der Waals surface area contributed by atoms with E-state index >= 15 is 0 Å². The van der Waals surface area contributed by atoms with Crippen LogP contribution in [0.2, 0.25) is 0 Å². The molecular weight excluding hydrogens is 326 g/mol. The Bertz CT molecular complexity index is 653. The van der Waals surface area contributed by atoms with Gasteiger partial charge in [0.2, 0.25) is 0 Å². The molecule has 0 aromatic heterocycles. The standard InChI is InChI=1S/C18H20BrNO/c1-12-9-14-5-3-4-6-17(14)20(11-12)18-8-7-15(19)10-16(18)13(2)21/h3-8,10,12-13,21H,9,11H2,1-2H3. The van der Waals surface area contributed by atoms with Crippen LogP contribution in [-0.2, 0) is 6.42 Å². The summed E-state index contributed by atoms with van der Waals surface area (Å²) in [6.45, 7) is 5.09. The first-order valence-corrected chi connectivity index (χ1v) is 8.18. The monoisotopic (exact) mass is 345 g/mol. The van der Waals surface area contributed by atoms with Gasteiger partial charge in [0, 0.05) is 28.0 Å². The number of hydrogen-bond donors (Lipinski definition) is 1. The van der Waals surface area contributed by atoms with Gasteiger partial charge in [-0.25, -0.2) is 0 Å². The highest BCUT2D eigenvalue weighted by molar-refractivity contribution is 9.10. The molecule has 2 nitrogen and oxygen atoms in total. The highest BCUT2D eigenvalue weighted by Crippen LogP contribution is 2.39. The van der Waals surface area contributed by atoms with Gasteiger partial charge >= 0.3 is 0 Å². The number of anilines is 2. The molecule has 0 fully saturated rings. The smallest absolute Gasteiger partial charge is 0.0782 e. The van der Waals surface area contributed by atoms with Crippen molar-refractivity contribution in [1.29, 1.82) is 0 Å². The Morgan fingerprint density at radius 3 is 2.71 bits per heavy atom. The molecule has 2 atom stereocenters. The summed E-state index contributed by atoms with van der Waals surface area (Å²) in [5.74, 6) is 0.602. The van der Waals surface area contributed by atoms with Crippen molar-refractivity contribution in [2.45, 2.75) is 26.4 Å². The van der Waals surface area contributed by atoms with Gasteiger partial charge in [-0.05, 0) is 49.1 Å². The van der Waals surface area contributed by atoms with Crippen molar-refractivity contribution in [2.24, 2.45) is 5.92 Å². The Morgan fingerprint density at radius 2 is 1.95 bits per heavy atom. The van der Waals surface area contributed by atoms with Gasteiger partial charge in [-0.1, -0.05) is 41.1 Å². The molecule has 0 saturated carbocycles. The summed E-state index contributed by atoms with van der Waals surface area (Å²) >= 11 is 3.50. The molecule has 21 heavy (non-hydrogen) atoms. The zero-order valence-corrected chi connectivity index (χ0v) is 14.0. The van der Waals surface area contributed by atoms with Crippen molar-refractivity contribution in [2.75, 3.05) is 11.4 Å². The number of halogens is 1. The van der Waals surface area contributed by atoms with Gasteiger partial charge in [-0.15, -0.1) is 0 Å². The van der Waals surface area contributed by atoms with Gasteiger partial charge in [0.1, 0.15) is 0 Å². The normalized spacial score (nSPS) is 19.2. The Kier molecular flexibility index (Phi) is 4.05. The van der Waals surface area contributed by atoms with E-state index in [4.69, 9.17) is 0 Å². The predicted octanol–water partition coefficient (Wildman–Crippen LogP) is 4.83. The van der Waals surface area contributed by atoms with Crippen molar-refractivity contribution in [3.05, 3.63) is 58.1 Å². The summed E-state index contributed by atoms with van der Waals surface area (Å²) in [6.07, 6.45) is 0.634. The van der Waals surface area contributed by atoms with E-state index in [-0.39, 0.29) is 0 Å². The zero-order valence-electron chi connectivity index (χ0n) is 12.4. The molecule has 0 bridgehead atoms. The molecule has 2 unspecified atom stereocenters. The van der Waals surface area contributed by atoms with Gasteiger partial charge in [-0.3, -0.25) is 0 Å². The van der Waals surface area contributed by atoms with Crippen LogP contribution in [0.3, 0.4) is 0 Å². The molecule has 0 aliphatic carbocycles. The summed E-state index contributed by atoms with van der Waals surface area (Å²) in [4.78, 5) is 2.35. The van der Waals surface area contributed by atoms with Crippen LogP contribution in [-0.4, -0.2) is 11.7 Å². The van der Waals surface area contributed by atoms with Gasteiger partial charge in [0.15, 0.2) is 0 Å². The van der Waals surface area contributed by atoms with E-state index in [0.717, 1.165) is 28.7 Å². The summed E-state index contributed by atoms with van der Waals surface area (Å²) < 4.78 is 1.00. The number of para-hydroxylation sites is 1. The second-order valence-corrected chi connectivity index (χ2v) is 6.84. The van der Waals surface area contributed by atoms with E-state index in [1.165, 1.54) is 11.3 Å². The SMILES string of the molecule is CC1Cc2ccccc2N(c2ccc(Br)cc2C(C)O)C1. The van der Waals surface area contributed by atoms with E-state index in [2.05, 4.69) is 58.1 Å². The van der Waals surface area contributed by atoms with E-state index < -0.39 is 6.10 Å². The van der Waals surface area contributed by atoms with Crippen LogP contribution in [0.15, 0.2) is 46.9 Å². The molecule has 1 aliphatic heterocycles. The van der Waals surface area contributed by atoms with Crippen LogP contribution in [0, 0.1) is 5.92 Å². The molecule has 0 radical (unpaired) electrons. The second kappa shape index (κ2) is 5.82. The molecule has 1 heterocycles. The minimum atomic E-state index is -0.484. The predicted molar refractivity (Wildman–Crippen MR) is 91.1 cm³/mol. The van der Waals surface area contributed by atoms with Crippen LogP contribution in [0.5, 0.6) is 0 Å². The molecule has 3 heteroatoms. The van der Waals surface area contributed by atoms with E-state index in [9.17, 15) is 5.11 Å². The van der Waals surface area contributed by atoms with Crippen LogP contribution in [0.1, 0.15) is 31.1 Å². The maximum Gasteiger partial charge on any atom is 0.0782 e. The van der Waals surface area contributed by atoms with Crippen molar-refractivity contribution in [1.82, 2.24) is 0 Å². The molecule has 1 aliphatic rings. The average Bonchev–Trinajstić information content (AvgIpc) is 2.46. The molecule has 0 amide bonds. The van der Waals surface area contributed by atoms with Crippen LogP contribution < -0.4 is 4.90 Å². The molecule has 0 spiro atoms. The van der Waals surface area contributed by atoms with Crippen LogP contribution in [0.25, 0.3) is 0 Å². The Hall–Kier alpha value is -1.32. The lowest BCUT2D eigenvalue weighted by Gasteiger charge is -2.36. The van der Waals surface area contributed by atoms with Crippen molar-refractivity contribution in [3.63, 3.8) is 0 Å². The summed E-state index contributed by atoms with van der Waals surface area (Å²) in [5.41, 5.74) is 4.72. The second-order valence-electron chi connectivity index (χ2n) is 5.93. The quantitative estimate of drug-likeness (QED) is 0.842. The third-order valence-electron chi connectivity index (χ3n) is 4.08. The molecule has 110 valence electrons. The number of rotatable bonds is 2. The van der Waals surface area contributed by atoms with Crippen LogP contribution >= 0.6 is 15.9 Å². The number of aliphatic hydroxyl groups excluding tert-OH is 1. The topological polar surface area (TPSA) is 23.5 Å². The Labute approximate surface area is 134 Å². The molecule has 2 aromatic rings. The van der Waals surface area contributed by atoms with Gasteiger partial charge in [-0.2, -0.15) is 0 Å². The fraction of sp³-hybridized carbons (Fsp3) is 0.333. The maximum absolute atomic E-state index is 10.1. The van der Waals surface area contributed by atoms with E-state index in [1.807, 2.05) is 19.1 Å². The summed E-state index contributed by atoms with van der Waals surface area (Å²) in [6, 6.07) is 14.7. The van der Waals surface area contributed by atoms with Crippen molar-refractivity contribution in [3.8, 4) is 0 Å². The fourth-order valence-electron chi connectivity index (χ4n) is 3.13. The van der Waals surface area contributed by atoms with Crippen molar-refractivity contribution < 1.29 is 5.11 Å². The summed E-state index contributed by atoms with van der Waals surface area (Å²) in [5, 5.41) is 10.1. The number of benzene rings is 2. The number of nitrogens with zero attached hydrogens (tertiary/aromatic N) is 1. The first-order chi connectivity index (χ1) is 10.1. The molecule has 2 aromatic carbocycles. The van der Waals surface area contributed by atoms with Crippen molar-refractivity contribution >= 4 is 27.3 Å². The van der Waals surface area contributed by atoms with E-state index in [0.29, 0.717) is 5.92 Å². The Morgan fingerprint density at radius 1 is 1.19 bits per heavy atom. The molecule has 1 N–H and O–H groups in total. The Balaban J connectivity index is 2.13. The maximum atomic E-state index is 10.1. The number of hydrogen-bond acceptors (Lipinski definition) is 2. The zero-order chi connectivity index (χ0) is 15.0. The van der Waals surface area contributed by atoms with Gasteiger partial charge in [0.25, 0.3) is 0 Å². The lowest BCUT2D eigenvalue weighted by Crippen LogP contribution is -2.31. The highest BCUT2D eigenvalue weighted by atomic mass is 79.9. The largest absolute Gasteiger partial charge is 0.389 e. The minimum absolute atomic E-state index is 0.484. The molecule has 3 rings (SSSR count). The minimum Gasteiger partial charge on any atom is -0.389 e. The first kappa shape index (κ1) is 14.6. The molecular formula is C18H20BrNO.